The minimum absolute atomic E-state index is 0.148. The number of carbonyl (C=O) groups excluding carboxylic acids is 1. The van der Waals surface area contributed by atoms with E-state index in [1.54, 1.807) is 0 Å². The quantitative estimate of drug-likeness (QED) is 0.849. The molecule has 1 aliphatic rings. The molecule has 0 radical (unpaired) electrons. The van der Waals surface area contributed by atoms with Crippen LogP contribution in [0.15, 0.2) is 60.7 Å². The van der Waals surface area contributed by atoms with E-state index < -0.39 is 0 Å². The number of rotatable bonds is 5. The maximum atomic E-state index is 12.6. The Labute approximate surface area is 137 Å². The largest absolute Gasteiger partial charge is 0.377 e. The summed E-state index contributed by atoms with van der Waals surface area (Å²) >= 11 is 0. The molecule has 1 atom stereocenters. The average Bonchev–Trinajstić information content (AvgIpc) is 2.62. The molecule has 0 saturated carbocycles. The van der Waals surface area contributed by atoms with Crippen molar-refractivity contribution in [3.8, 4) is 0 Å². The standard InChI is InChI=1S/C20H23NO2/c22-20(12-11-17-7-3-1-4-8-17)21-13-14-23-16-19(21)15-18-9-5-2-6-10-18/h1-10,19H,11-16H2. The third kappa shape index (κ3) is 4.42. The highest BCUT2D eigenvalue weighted by molar-refractivity contribution is 5.77. The van der Waals surface area contributed by atoms with Crippen LogP contribution in [0.2, 0.25) is 0 Å². The van der Waals surface area contributed by atoms with Crippen LogP contribution in [0.3, 0.4) is 0 Å². The van der Waals surface area contributed by atoms with E-state index in [4.69, 9.17) is 4.74 Å². The molecule has 2 aromatic carbocycles. The summed E-state index contributed by atoms with van der Waals surface area (Å²) in [5.74, 6) is 0.234. The van der Waals surface area contributed by atoms with Gasteiger partial charge in [-0.3, -0.25) is 4.79 Å². The molecular formula is C20H23NO2. The summed E-state index contributed by atoms with van der Waals surface area (Å²) in [6, 6.07) is 20.7. The van der Waals surface area contributed by atoms with Gasteiger partial charge in [0.05, 0.1) is 19.3 Å². The SMILES string of the molecule is O=C(CCc1ccccc1)N1CCOCC1Cc1ccccc1. The van der Waals surface area contributed by atoms with Crippen LogP contribution in [0.1, 0.15) is 17.5 Å². The van der Waals surface area contributed by atoms with E-state index >= 15 is 0 Å². The molecule has 3 rings (SSSR count). The third-order valence-corrected chi connectivity index (χ3v) is 4.33. The average molecular weight is 309 g/mol. The van der Waals surface area contributed by atoms with Gasteiger partial charge >= 0.3 is 0 Å². The molecule has 2 aromatic rings. The van der Waals surface area contributed by atoms with E-state index in [9.17, 15) is 4.79 Å². The zero-order chi connectivity index (χ0) is 15.9. The Kier molecular flexibility index (Phi) is 5.43. The third-order valence-electron chi connectivity index (χ3n) is 4.33. The number of hydrogen-bond donors (Lipinski definition) is 0. The Morgan fingerprint density at radius 3 is 2.35 bits per heavy atom. The lowest BCUT2D eigenvalue weighted by atomic mass is 10.0. The van der Waals surface area contributed by atoms with Crippen LogP contribution in [-0.2, 0) is 22.4 Å². The number of morpholine rings is 1. The normalized spacial score (nSPS) is 17.9. The Morgan fingerprint density at radius 2 is 1.65 bits per heavy atom. The number of nitrogens with zero attached hydrogens (tertiary/aromatic N) is 1. The van der Waals surface area contributed by atoms with Gasteiger partial charge in [-0.15, -0.1) is 0 Å². The molecule has 0 aliphatic carbocycles. The van der Waals surface area contributed by atoms with Crippen molar-refractivity contribution in [1.29, 1.82) is 0 Å². The number of hydrogen-bond acceptors (Lipinski definition) is 2. The molecule has 1 aliphatic heterocycles. The van der Waals surface area contributed by atoms with Crippen molar-refractivity contribution in [2.45, 2.75) is 25.3 Å². The van der Waals surface area contributed by atoms with Gasteiger partial charge in [0, 0.05) is 13.0 Å². The molecule has 1 amide bonds. The molecule has 0 aromatic heterocycles. The molecule has 1 fully saturated rings. The fraction of sp³-hybridized carbons (Fsp3) is 0.350. The summed E-state index contributed by atoms with van der Waals surface area (Å²) in [5, 5.41) is 0. The first-order chi connectivity index (χ1) is 11.3. The molecule has 0 bridgehead atoms. The maximum Gasteiger partial charge on any atom is 0.223 e. The molecule has 1 saturated heterocycles. The number of ether oxygens (including phenoxy) is 1. The fourth-order valence-electron chi connectivity index (χ4n) is 3.08. The Morgan fingerprint density at radius 1 is 1.00 bits per heavy atom. The predicted octanol–water partition coefficient (Wildman–Crippen LogP) is 3.09. The zero-order valence-corrected chi connectivity index (χ0v) is 13.4. The highest BCUT2D eigenvalue weighted by Gasteiger charge is 2.27. The topological polar surface area (TPSA) is 29.5 Å². The van der Waals surface area contributed by atoms with Crippen molar-refractivity contribution in [3.63, 3.8) is 0 Å². The van der Waals surface area contributed by atoms with Gasteiger partial charge in [0.2, 0.25) is 5.91 Å². The molecule has 23 heavy (non-hydrogen) atoms. The first-order valence-electron chi connectivity index (χ1n) is 8.28. The lowest BCUT2D eigenvalue weighted by molar-refractivity contribution is -0.139. The van der Waals surface area contributed by atoms with Crippen LogP contribution in [0, 0.1) is 0 Å². The second-order valence-electron chi connectivity index (χ2n) is 5.99. The van der Waals surface area contributed by atoms with Crippen molar-refractivity contribution >= 4 is 5.91 Å². The number of aryl methyl sites for hydroxylation is 1. The van der Waals surface area contributed by atoms with Gasteiger partial charge < -0.3 is 9.64 Å². The van der Waals surface area contributed by atoms with E-state index in [1.807, 2.05) is 41.3 Å². The Balaban J connectivity index is 1.60. The first kappa shape index (κ1) is 15.8. The van der Waals surface area contributed by atoms with E-state index in [-0.39, 0.29) is 11.9 Å². The van der Waals surface area contributed by atoms with Gasteiger partial charge in [0.15, 0.2) is 0 Å². The number of benzene rings is 2. The smallest absolute Gasteiger partial charge is 0.223 e. The number of amides is 1. The monoisotopic (exact) mass is 309 g/mol. The van der Waals surface area contributed by atoms with Gasteiger partial charge in [-0.1, -0.05) is 60.7 Å². The van der Waals surface area contributed by atoms with Crippen molar-refractivity contribution in [2.75, 3.05) is 19.8 Å². The summed E-state index contributed by atoms with van der Waals surface area (Å²) in [6.07, 6.45) is 2.22. The Bertz CT molecular complexity index is 612. The summed E-state index contributed by atoms with van der Waals surface area (Å²) in [5.41, 5.74) is 2.47. The molecule has 1 unspecified atom stereocenters. The molecule has 0 spiro atoms. The molecule has 0 N–H and O–H groups in total. The predicted molar refractivity (Wildman–Crippen MR) is 91.2 cm³/mol. The Hall–Kier alpha value is -2.13. The number of carbonyl (C=O) groups is 1. The van der Waals surface area contributed by atoms with Crippen molar-refractivity contribution in [2.24, 2.45) is 0 Å². The molecule has 1 heterocycles. The van der Waals surface area contributed by atoms with Gasteiger partial charge in [-0.05, 0) is 24.0 Å². The highest BCUT2D eigenvalue weighted by atomic mass is 16.5. The van der Waals surface area contributed by atoms with Crippen LogP contribution in [0.5, 0.6) is 0 Å². The van der Waals surface area contributed by atoms with E-state index in [2.05, 4.69) is 24.3 Å². The summed E-state index contributed by atoms with van der Waals surface area (Å²) in [7, 11) is 0. The highest BCUT2D eigenvalue weighted by Crippen LogP contribution is 2.15. The van der Waals surface area contributed by atoms with E-state index in [0.717, 1.165) is 12.8 Å². The van der Waals surface area contributed by atoms with Crippen LogP contribution >= 0.6 is 0 Å². The summed E-state index contributed by atoms with van der Waals surface area (Å²) < 4.78 is 5.60. The minimum atomic E-state index is 0.148. The van der Waals surface area contributed by atoms with Crippen LogP contribution < -0.4 is 0 Å². The summed E-state index contributed by atoms with van der Waals surface area (Å²) in [4.78, 5) is 14.7. The van der Waals surface area contributed by atoms with Crippen LogP contribution in [0.4, 0.5) is 0 Å². The van der Waals surface area contributed by atoms with Gasteiger partial charge in [-0.25, -0.2) is 0 Å². The molecule has 120 valence electrons. The first-order valence-corrected chi connectivity index (χ1v) is 8.28. The van der Waals surface area contributed by atoms with Crippen molar-refractivity contribution < 1.29 is 9.53 Å². The molecule has 3 heteroatoms. The maximum absolute atomic E-state index is 12.6. The molecule has 3 nitrogen and oxygen atoms in total. The van der Waals surface area contributed by atoms with Gasteiger partial charge in [0.25, 0.3) is 0 Å². The molecular weight excluding hydrogens is 286 g/mol. The van der Waals surface area contributed by atoms with Gasteiger partial charge in [-0.2, -0.15) is 0 Å². The van der Waals surface area contributed by atoms with Crippen molar-refractivity contribution in [1.82, 2.24) is 4.90 Å². The van der Waals surface area contributed by atoms with Gasteiger partial charge in [0.1, 0.15) is 0 Å². The van der Waals surface area contributed by atoms with Crippen LogP contribution in [0.25, 0.3) is 0 Å². The second-order valence-corrected chi connectivity index (χ2v) is 5.99. The fourth-order valence-corrected chi connectivity index (χ4v) is 3.08. The lowest BCUT2D eigenvalue weighted by Gasteiger charge is -2.36. The van der Waals surface area contributed by atoms with Crippen LogP contribution in [-0.4, -0.2) is 36.6 Å². The summed E-state index contributed by atoms with van der Waals surface area (Å²) in [6.45, 7) is 1.97. The second kappa shape index (κ2) is 7.93. The lowest BCUT2D eigenvalue weighted by Crippen LogP contribution is -2.49. The zero-order valence-electron chi connectivity index (χ0n) is 13.4. The van der Waals surface area contributed by atoms with Crippen molar-refractivity contribution in [3.05, 3.63) is 71.8 Å². The van der Waals surface area contributed by atoms with E-state index in [1.165, 1.54) is 11.1 Å². The van der Waals surface area contributed by atoms with E-state index in [0.29, 0.717) is 26.2 Å². The minimum Gasteiger partial charge on any atom is -0.377 e.